The predicted molar refractivity (Wildman–Crippen MR) is 147 cm³/mol. The lowest BCUT2D eigenvalue weighted by Gasteiger charge is -2.27. The lowest BCUT2D eigenvalue weighted by atomic mass is 9.87. The summed E-state index contributed by atoms with van der Waals surface area (Å²) in [6, 6.07) is 18.5. The number of esters is 1. The van der Waals surface area contributed by atoms with Crippen LogP contribution in [0.4, 0.5) is 5.69 Å². The zero-order chi connectivity index (χ0) is 26.7. The number of ketones is 1. The first-order chi connectivity index (χ1) is 17.6. The summed E-state index contributed by atoms with van der Waals surface area (Å²) in [7, 11) is -4.02. The second-order valence-corrected chi connectivity index (χ2v) is 11.7. The number of fused-ring (bicyclic) bond motifs is 1. The monoisotopic (exact) mass is 581 g/mol. The zero-order valence-corrected chi connectivity index (χ0v) is 23.3. The highest BCUT2D eigenvalue weighted by Gasteiger charge is 2.44. The van der Waals surface area contributed by atoms with Gasteiger partial charge in [-0.15, -0.1) is 0 Å². The average Bonchev–Trinajstić information content (AvgIpc) is 3.16. The quantitative estimate of drug-likeness (QED) is 0.182. The van der Waals surface area contributed by atoms with E-state index in [1.165, 1.54) is 10.4 Å². The Kier molecular flexibility index (Phi) is 7.99. The van der Waals surface area contributed by atoms with Crippen molar-refractivity contribution in [3.8, 4) is 0 Å². The van der Waals surface area contributed by atoms with Crippen molar-refractivity contribution in [1.82, 2.24) is 0 Å². The van der Waals surface area contributed by atoms with Crippen LogP contribution in [0.5, 0.6) is 0 Å². The van der Waals surface area contributed by atoms with Crippen LogP contribution in [0.2, 0.25) is 0 Å². The normalized spacial score (nSPS) is 17.1. The molecule has 1 heterocycles. The van der Waals surface area contributed by atoms with Crippen molar-refractivity contribution in [2.75, 3.05) is 10.9 Å². The third kappa shape index (κ3) is 5.70. The summed E-state index contributed by atoms with van der Waals surface area (Å²) in [6.07, 6.45) is 2.86. The highest BCUT2D eigenvalue weighted by Crippen LogP contribution is 2.47. The van der Waals surface area contributed by atoms with Crippen LogP contribution < -0.4 is 4.31 Å². The number of carbonyl (C=O) groups is 2. The molecule has 0 aliphatic carbocycles. The smallest absolute Gasteiger partial charge is 0.330 e. The van der Waals surface area contributed by atoms with Gasteiger partial charge in [0.15, 0.2) is 5.78 Å². The van der Waals surface area contributed by atoms with Crippen molar-refractivity contribution in [2.24, 2.45) is 0 Å². The standard InChI is InChI=1S/C29H28BrNO5S/c1-4-36-29(33)16-15-27-25(18-28(32)21-8-10-22(30)11-9-21)24-17-20(3)7-14-26(24)31(27)37(34,35)23-12-5-19(2)6-13-23/h5-17,25,27H,4,18H2,1-3H3/b16-15+/t25-,27+/m1/s1. The van der Waals surface area contributed by atoms with Crippen LogP contribution in [0.15, 0.2) is 88.3 Å². The molecule has 0 saturated carbocycles. The van der Waals surface area contributed by atoms with Gasteiger partial charge in [-0.25, -0.2) is 13.2 Å². The summed E-state index contributed by atoms with van der Waals surface area (Å²) in [5.41, 5.74) is 3.67. The highest BCUT2D eigenvalue weighted by atomic mass is 79.9. The fourth-order valence-electron chi connectivity index (χ4n) is 4.56. The van der Waals surface area contributed by atoms with Gasteiger partial charge < -0.3 is 4.74 Å². The number of benzene rings is 3. The van der Waals surface area contributed by atoms with E-state index in [2.05, 4.69) is 15.9 Å². The Bertz CT molecular complexity index is 1450. The highest BCUT2D eigenvalue weighted by molar-refractivity contribution is 9.10. The van der Waals surface area contributed by atoms with Crippen molar-refractivity contribution >= 4 is 43.4 Å². The minimum Gasteiger partial charge on any atom is -0.463 e. The number of anilines is 1. The Morgan fingerprint density at radius 3 is 2.27 bits per heavy atom. The summed E-state index contributed by atoms with van der Waals surface area (Å²) in [5, 5.41) is 0. The van der Waals surface area contributed by atoms with Gasteiger partial charge in [0, 0.05) is 28.5 Å². The number of aryl methyl sites for hydroxylation is 2. The predicted octanol–water partition coefficient (Wildman–Crippen LogP) is 6.12. The summed E-state index contributed by atoms with van der Waals surface area (Å²) in [4.78, 5) is 25.7. The Morgan fingerprint density at radius 2 is 1.62 bits per heavy atom. The van der Waals surface area contributed by atoms with E-state index < -0.39 is 28.0 Å². The van der Waals surface area contributed by atoms with E-state index >= 15 is 0 Å². The number of hydrogen-bond donors (Lipinski definition) is 0. The van der Waals surface area contributed by atoms with Crippen LogP contribution in [0.3, 0.4) is 0 Å². The summed E-state index contributed by atoms with van der Waals surface area (Å²) < 4.78 is 35.2. The van der Waals surface area contributed by atoms with Gasteiger partial charge in [-0.3, -0.25) is 9.10 Å². The molecule has 3 aromatic rings. The van der Waals surface area contributed by atoms with E-state index in [0.29, 0.717) is 11.3 Å². The molecule has 1 aliphatic heterocycles. The van der Waals surface area contributed by atoms with Crippen LogP contribution in [-0.4, -0.2) is 32.8 Å². The number of ether oxygens (including phenoxy) is 1. The molecule has 37 heavy (non-hydrogen) atoms. The lowest BCUT2D eigenvalue weighted by molar-refractivity contribution is -0.137. The molecule has 0 N–H and O–H groups in total. The van der Waals surface area contributed by atoms with Crippen LogP contribution in [0.25, 0.3) is 0 Å². The van der Waals surface area contributed by atoms with Crippen LogP contribution in [0.1, 0.15) is 46.3 Å². The average molecular weight is 583 g/mol. The Hall–Kier alpha value is -3.23. The molecule has 0 fully saturated rings. The second kappa shape index (κ2) is 11.0. The van der Waals surface area contributed by atoms with E-state index in [9.17, 15) is 18.0 Å². The first-order valence-corrected chi connectivity index (χ1v) is 14.2. The molecule has 0 spiro atoms. The molecule has 4 rings (SSSR count). The SMILES string of the molecule is CCOC(=O)/C=C/[C@H]1[C@H](CC(=O)c2ccc(Br)cc2)c2cc(C)ccc2N1S(=O)(=O)c1ccc(C)cc1. The molecule has 6 nitrogen and oxygen atoms in total. The van der Waals surface area contributed by atoms with Gasteiger partial charge >= 0.3 is 5.97 Å². The number of Topliss-reactive ketones (excluding diaryl/α,β-unsaturated/α-hetero) is 1. The van der Waals surface area contributed by atoms with Crippen molar-refractivity contribution in [3.05, 3.63) is 106 Å². The summed E-state index contributed by atoms with van der Waals surface area (Å²) in [6.45, 7) is 5.71. The maximum absolute atomic E-state index is 14.0. The number of halogens is 1. The van der Waals surface area contributed by atoms with E-state index in [-0.39, 0.29) is 23.7 Å². The lowest BCUT2D eigenvalue weighted by Crippen LogP contribution is -2.38. The van der Waals surface area contributed by atoms with Gasteiger partial charge in [-0.05, 0) is 56.7 Å². The molecular weight excluding hydrogens is 554 g/mol. The Labute approximate surface area is 226 Å². The third-order valence-corrected chi connectivity index (χ3v) is 8.72. The van der Waals surface area contributed by atoms with Crippen LogP contribution in [-0.2, 0) is 19.6 Å². The number of carbonyl (C=O) groups excluding carboxylic acids is 2. The second-order valence-electron chi connectivity index (χ2n) is 9.02. The fourth-order valence-corrected chi connectivity index (χ4v) is 6.49. The molecule has 0 amide bonds. The Morgan fingerprint density at radius 1 is 0.973 bits per heavy atom. The van der Waals surface area contributed by atoms with Crippen molar-refractivity contribution in [2.45, 2.75) is 44.0 Å². The largest absolute Gasteiger partial charge is 0.463 e. The maximum Gasteiger partial charge on any atom is 0.330 e. The third-order valence-electron chi connectivity index (χ3n) is 6.37. The van der Waals surface area contributed by atoms with Crippen molar-refractivity contribution in [3.63, 3.8) is 0 Å². The van der Waals surface area contributed by atoms with Gasteiger partial charge in [0.2, 0.25) is 0 Å². The number of rotatable bonds is 8. The summed E-state index contributed by atoms with van der Waals surface area (Å²) >= 11 is 3.39. The first-order valence-electron chi connectivity index (χ1n) is 12.0. The van der Waals surface area contributed by atoms with Crippen LogP contribution >= 0.6 is 15.9 Å². The zero-order valence-electron chi connectivity index (χ0n) is 20.8. The molecule has 0 aromatic heterocycles. The molecule has 192 valence electrons. The van der Waals surface area contributed by atoms with Gasteiger partial charge in [0.25, 0.3) is 10.0 Å². The van der Waals surface area contributed by atoms with E-state index in [1.807, 2.05) is 26.0 Å². The van der Waals surface area contributed by atoms with Crippen LogP contribution in [0, 0.1) is 13.8 Å². The minimum atomic E-state index is -4.02. The van der Waals surface area contributed by atoms with Crippen molar-refractivity contribution < 1.29 is 22.7 Å². The van der Waals surface area contributed by atoms with Gasteiger partial charge in [0.1, 0.15) is 0 Å². The molecule has 3 aromatic carbocycles. The van der Waals surface area contributed by atoms with E-state index in [4.69, 9.17) is 4.74 Å². The molecule has 8 heteroatoms. The maximum atomic E-state index is 14.0. The molecule has 0 bridgehead atoms. The molecule has 2 atom stereocenters. The van der Waals surface area contributed by atoms with Gasteiger partial charge in [-0.1, -0.05) is 69.5 Å². The van der Waals surface area contributed by atoms with Gasteiger partial charge in [-0.2, -0.15) is 0 Å². The van der Waals surface area contributed by atoms with E-state index in [1.54, 1.807) is 67.6 Å². The fraction of sp³-hybridized carbons (Fsp3) is 0.241. The molecule has 0 saturated heterocycles. The number of sulfonamides is 1. The molecule has 0 radical (unpaired) electrons. The minimum absolute atomic E-state index is 0.0653. The topological polar surface area (TPSA) is 80.8 Å². The first kappa shape index (κ1) is 26.8. The van der Waals surface area contributed by atoms with Crippen molar-refractivity contribution in [1.29, 1.82) is 0 Å². The molecule has 0 unspecified atom stereocenters. The number of nitrogens with zero attached hydrogens (tertiary/aromatic N) is 1. The molecular formula is C29H28BrNO5S. The Balaban J connectivity index is 1.83. The van der Waals surface area contributed by atoms with Gasteiger partial charge in [0.05, 0.1) is 23.2 Å². The van der Waals surface area contributed by atoms with E-state index in [0.717, 1.165) is 21.2 Å². The number of hydrogen-bond acceptors (Lipinski definition) is 5. The summed E-state index contributed by atoms with van der Waals surface area (Å²) in [5.74, 6) is -1.19. The molecule has 1 aliphatic rings.